The van der Waals surface area contributed by atoms with Crippen LogP contribution in [-0.2, 0) is 6.54 Å². The Labute approximate surface area is 116 Å². The van der Waals surface area contributed by atoms with Crippen LogP contribution in [0.3, 0.4) is 0 Å². The molecule has 0 saturated heterocycles. The van der Waals surface area contributed by atoms with Gasteiger partial charge in [0.25, 0.3) is 5.91 Å². The minimum atomic E-state index is -0.723. The summed E-state index contributed by atoms with van der Waals surface area (Å²) in [6.45, 7) is 0.120. The molecule has 1 aromatic carbocycles. The molecule has 6 heteroatoms. The molecule has 0 aliphatic carbocycles. The van der Waals surface area contributed by atoms with Crippen molar-refractivity contribution in [1.29, 1.82) is 0 Å². The van der Waals surface area contributed by atoms with Gasteiger partial charge in [-0.15, -0.1) is 0 Å². The summed E-state index contributed by atoms with van der Waals surface area (Å²) in [6, 6.07) is 8.12. The smallest absolute Gasteiger partial charge is 0.270 e. The molecule has 0 bridgehead atoms. The van der Waals surface area contributed by atoms with Gasteiger partial charge in [-0.2, -0.15) is 4.39 Å². The zero-order valence-corrected chi connectivity index (χ0v) is 11.2. The van der Waals surface area contributed by atoms with Crippen molar-refractivity contribution in [2.24, 2.45) is 0 Å². The number of benzene rings is 1. The van der Waals surface area contributed by atoms with E-state index >= 15 is 0 Å². The Balaban J connectivity index is 2.06. The summed E-state index contributed by atoms with van der Waals surface area (Å²) in [7, 11) is 0. The van der Waals surface area contributed by atoms with Crippen LogP contribution in [-0.4, -0.2) is 10.9 Å². The van der Waals surface area contributed by atoms with E-state index in [2.05, 4.69) is 26.2 Å². The summed E-state index contributed by atoms with van der Waals surface area (Å²) in [5.74, 6) is -1.63. The zero-order chi connectivity index (χ0) is 13.8. The Hall–Kier alpha value is -1.82. The molecule has 98 valence electrons. The molecule has 1 aromatic heterocycles. The second-order valence-electron chi connectivity index (χ2n) is 3.76. The van der Waals surface area contributed by atoms with Crippen LogP contribution in [0.4, 0.5) is 8.78 Å². The van der Waals surface area contributed by atoms with E-state index in [1.165, 1.54) is 24.3 Å². The lowest BCUT2D eigenvalue weighted by Crippen LogP contribution is -2.24. The number of amides is 1. The Kier molecular flexibility index (Phi) is 4.21. The maximum Gasteiger partial charge on any atom is 0.270 e. The summed E-state index contributed by atoms with van der Waals surface area (Å²) >= 11 is 3.25. The molecule has 1 amide bonds. The van der Waals surface area contributed by atoms with Crippen LogP contribution in [0, 0.1) is 11.8 Å². The van der Waals surface area contributed by atoms with Crippen LogP contribution in [0.2, 0.25) is 0 Å². The molecule has 0 aliphatic heterocycles. The van der Waals surface area contributed by atoms with E-state index in [1.54, 1.807) is 6.07 Å². The van der Waals surface area contributed by atoms with Gasteiger partial charge in [-0.1, -0.05) is 22.0 Å². The number of carbonyl (C=O) groups excluding carboxylic acids is 1. The number of pyridine rings is 1. The van der Waals surface area contributed by atoms with E-state index in [9.17, 15) is 13.6 Å². The van der Waals surface area contributed by atoms with Crippen molar-refractivity contribution in [3.63, 3.8) is 0 Å². The summed E-state index contributed by atoms with van der Waals surface area (Å²) in [5.41, 5.74) is 0.567. The monoisotopic (exact) mass is 326 g/mol. The van der Waals surface area contributed by atoms with Crippen LogP contribution in [0.15, 0.2) is 40.9 Å². The number of hydrogen-bond acceptors (Lipinski definition) is 2. The number of nitrogens with one attached hydrogen (secondary N) is 1. The lowest BCUT2D eigenvalue weighted by atomic mass is 10.2. The first-order valence-electron chi connectivity index (χ1n) is 5.41. The van der Waals surface area contributed by atoms with Gasteiger partial charge in [-0.25, -0.2) is 9.37 Å². The highest BCUT2D eigenvalue weighted by atomic mass is 79.9. The summed E-state index contributed by atoms with van der Waals surface area (Å²) < 4.78 is 26.6. The Morgan fingerprint density at radius 3 is 2.79 bits per heavy atom. The largest absolute Gasteiger partial charge is 0.347 e. The molecule has 0 aliphatic rings. The number of rotatable bonds is 3. The molecule has 0 radical (unpaired) electrons. The van der Waals surface area contributed by atoms with Gasteiger partial charge in [0.15, 0.2) is 0 Å². The standard InChI is InChI=1S/C13H9BrF2N2O/c14-10-5-4-9(15)6-8(10)7-17-13(19)11-2-1-3-12(16)18-11/h1-6H,7H2,(H,17,19). The van der Waals surface area contributed by atoms with Gasteiger partial charge in [-0.05, 0) is 35.9 Å². The maximum absolute atomic E-state index is 13.1. The van der Waals surface area contributed by atoms with Crippen LogP contribution < -0.4 is 5.32 Å². The first kappa shape index (κ1) is 13.6. The van der Waals surface area contributed by atoms with Gasteiger partial charge in [0, 0.05) is 11.0 Å². The van der Waals surface area contributed by atoms with Gasteiger partial charge >= 0.3 is 0 Å². The average Bonchev–Trinajstić information content (AvgIpc) is 2.39. The molecule has 0 unspecified atom stereocenters. The second-order valence-corrected chi connectivity index (χ2v) is 4.62. The number of hydrogen-bond donors (Lipinski definition) is 1. The highest BCUT2D eigenvalue weighted by molar-refractivity contribution is 9.10. The Morgan fingerprint density at radius 1 is 1.26 bits per heavy atom. The minimum Gasteiger partial charge on any atom is -0.347 e. The molecule has 19 heavy (non-hydrogen) atoms. The molecule has 3 nitrogen and oxygen atoms in total. The Bertz CT molecular complexity index is 619. The lowest BCUT2D eigenvalue weighted by molar-refractivity contribution is 0.0944. The highest BCUT2D eigenvalue weighted by Gasteiger charge is 2.09. The van der Waals surface area contributed by atoms with E-state index in [-0.39, 0.29) is 12.2 Å². The van der Waals surface area contributed by atoms with Crippen molar-refractivity contribution in [3.05, 3.63) is 63.9 Å². The Morgan fingerprint density at radius 2 is 2.05 bits per heavy atom. The molecule has 1 N–H and O–H groups in total. The second kappa shape index (κ2) is 5.88. The fraction of sp³-hybridized carbons (Fsp3) is 0.0769. The van der Waals surface area contributed by atoms with E-state index in [0.717, 1.165) is 6.07 Å². The van der Waals surface area contributed by atoms with Gasteiger partial charge in [0.2, 0.25) is 5.95 Å². The predicted octanol–water partition coefficient (Wildman–Crippen LogP) is 3.05. The van der Waals surface area contributed by atoms with Crippen LogP contribution in [0.25, 0.3) is 0 Å². The van der Waals surface area contributed by atoms with Crippen LogP contribution in [0.1, 0.15) is 16.1 Å². The van der Waals surface area contributed by atoms with Crippen molar-refractivity contribution in [2.45, 2.75) is 6.54 Å². The van der Waals surface area contributed by atoms with Crippen LogP contribution >= 0.6 is 15.9 Å². The minimum absolute atomic E-state index is 0.0208. The summed E-state index contributed by atoms with van der Waals surface area (Å²) in [5, 5.41) is 2.55. The third kappa shape index (κ3) is 3.57. The van der Waals surface area contributed by atoms with Crippen LogP contribution in [0.5, 0.6) is 0 Å². The summed E-state index contributed by atoms with van der Waals surface area (Å²) in [6.07, 6.45) is 0. The fourth-order valence-corrected chi connectivity index (χ4v) is 1.87. The van der Waals surface area contributed by atoms with E-state index in [4.69, 9.17) is 0 Å². The molecule has 0 spiro atoms. The third-order valence-corrected chi connectivity index (χ3v) is 3.17. The van der Waals surface area contributed by atoms with Crippen molar-refractivity contribution >= 4 is 21.8 Å². The molecular formula is C13H9BrF2N2O. The summed E-state index contributed by atoms with van der Waals surface area (Å²) in [4.78, 5) is 15.2. The van der Waals surface area contributed by atoms with E-state index in [0.29, 0.717) is 10.0 Å². The molecule has 0 fully saturated rings. The van der Waals surface area contributed by atoms with E-state index in [1.807, 2.05) is 0 Å². The fourth-order valence-electron chi connectivity index (χ4n) is 1.48. The molecule has 0 saturated carbocycles. The van der Waals surface area contributed by atoms with Gasteiger partial charge in [0.05, 0.1) is 0 Å². The van der Waals surface area contributed by atoms with Gasteiger partial charge in [-0.3, -0.25) is 4.79 Å². The highest BCUT2D eigenvalue weighted by Crippen LogP contribution is 2.17. The molecular weight excluding hydrogens is 318 g/mol. The molecule has 2 rings (SSSR count). The number of halogens is 3. The topological polar surface area (TPSA) is 42.0 Å². The van der Waals surface area contributed by atoms with Crippen molar-refractivity contribution < 1.29 is 13.6 Å². The number of aromatic nitrogens is 1. The van der Waals surface area contributed by atoms with Crippen molar-refractivity contribution in [3.8, 4) is 0 Å². The SMILES string of the molecule is O=C(NCc1cc(F)ccc1Br)c1cccc(F)n1. The van der Waals surface area contributed by atoms with E-state index < -0.39 is 17.7 Å². The quantitative estimate of drug-likeness (QED) is 0.881. The lowest BCUT2D eigenvalue weighted by Gasteiger charge is -2.07. The normalized spacial score (nSPS) is 10.3. The zero-order valence-electron chi connectivity index (χ0n) is 9.66. The van der Waals surface area contributed by atoms with Gasteiger partial charge in [0.1, 0.15) is 11.5 Å². The molecule has 0 atom stereocenters. The maximum atomic E-state index is 13.1. The predicted molar refractivity (Wildman–Crippen MR) is 69.5 cm³/mol. The first-order chi connectivity index (χ1) is 9.06. The van der Waals surface area contributed by atoms with Crippen molar-refractivity contribution in [2.75, 3.05) is 0 Å². The van der Waals surface area contributed by atoms with Crippen molar-refractivity contribution in [1.82, 2.24) is 10.3 Å². The van der Waals surface area contributed by atoms with Gasteiger partial charge < -0.3 is 5.32 Å². The molecule has 2 aromatic rings. The average molecular weight is 327 g/mol. The third-order valence-electron chi connectivity index (χ3n) is 2.39. The number of nitrogens with zero attached hydrogens (tertiary/aromatic N) is 1. The number of carbonyl (C=O) groups is 1. The molecule has 1 heterocycles. The first-order valence-corrected chi connectivity index (χ1v) is 6.20.